The van der Waals surface area contributed by atoms with Crippen LogP contribution in [-0.4, -0.2) is 38.3 Å². The molecule has 2 heterocycles. The molecule has 0 aliphatic rings. The number of hydrogen-bond acceptors (Lipinski definition) is 6. The highest BCUT2D eigenvalue weighted by Crippen LogP contribution is 2.33. The predicted octanol–water partition coefficient (Wildman–Crippen LogP) is 4.53. The Morgan fingerprint density at radius 1 is 1.12 bits per heavy atom. The first-order chi connectivity index (χ1) is 15.9. The molecule has 33 heavy (non-hydrogen) atoms. The summed E-state index contributed by atoms with van der Waals surface area (Å²) in [5, 5.41) is 13.9. The Morgan fingerprint density at radius 3 is 2.55 bits per heavy atom. The van der Waals surface area contributed by atoms with Crippen molar-refractivity contribution >= 4 is 67.1 Å². The maximum Gasteiger partial charge on any atom is 0.327 e. The van der Waals surface area contributed by atoms with Crippen LogP contribution in [0, 0.1) is 0 Å². The van der Waals surface area contributed by atoms with Crippen molar-refractivity contribution in [3.63, 3.8) is 0 Å². The average molecular weight is 486 g/mol. The number of nitrogens with zero attached hydrogens (tertiary/aromatic N) is 2. The fraction of sp³-hybridized carbons (Fsp3) is 0.217. The maximum absolute atomic E-state index is 12.8. The van der Waals surface area contributed by atoms with Gasteiger partial charge in [-0.1, -0.05) is 18.2 Å². The number of thiophene rings is 1. The average Bonchev–Trinajstić information content (AvgIpc) is 3.44. The van der Waals surface area contributed by atoms with Crippen LogP contribution in [0.5, 0.6) is 0 Å². The minimum absolute atomic E-state index is 0.118. The summed E-state index contributed by atoms with van der Waals surface area (Å²) in [4.78, 5) is 26.4. The molecule has 2 atom stereocenters. The van der Waals surface area contributed by atoms with E-state index >= 15 is 0 Å². The van der Waals surface area contributed by atoms with E-state index in [1.165, 1.54) is 17.4 Å². The van der Waals surface area contributed by atoms with Crippen molar-refractivity contribution in [2.24, 2.45) is 0 Å². The lowest BCUT2D eigenvalue weighted by atomic mass is 10.1. The van der Waals surface area contributed by atoms with Gasteiger partial charge in [0, 0.05) is 35.0 Å². The Bertz CT molecular complexity index is 1320. The molecule has 4 aromatic rings. The number of carbonyl (C=O) groups is 2. The zero-order valence-electron chi connectivity index (χ0n) is 17.7. The molecule has 1 N–H and O–H groups in total. The Balaban J connectivity index is 1.63. The maximum atomic E-state index is 12.8. The van der Waals surface area contributed by atoms with Gasteiger partial charge in [-0.25, -0.2) is 4.79 Å². The number of carbonyl (C=O) groups excluding carboxylic acids is 1. The van der Waals surface area contributed by atoms with Gasteiger partial charge in [0.1, 0.15) is 17.2 Å². The van der Waals surface area contributed by atoms with Gasteiger partial charge in [-0.15, -0.1) is 11.3 Å². The molecule has 0 saturated carbocycles. The van der Waals surface area contributed by atoms with Gasteiger partial charge in [-0.3, -0.25) is 13.3 Å². The Kier molecular flexibility index (Phi) is 6.77. The van der Waals surface area contributed by atoms with Gasteiger partial charge in [0.15, 0.2) is 0 Å². The summed E-state index contributed by atoms with van der Waals surface area (Å²) in [5.74, 6) is -1.59. The van der Waals surface area contributed by atoms with E-state index in [2.05, 4.69) is 0 Å². The molecule has 0 saturated heterocycles. The van der Waals surface area contributed by atoms with Crippen LogP contribution in [-0.2, 0) is 20.9 Å². The highest BCUT2D eigenvalue weighted by atomic mass is 32.2. The van der Waals surface area contributed by atoms with Gasteiger partial charge >= 0.3 is 5.97 Å². The summed E-state index contributed by atoms with van der Waals surface area (Å²) in [6.07, 6.45) is -0.290. The van der Waals surface area contributed by atoms with Crippen LogP contribution in [0.3, 0.4) is 0 Å². The monoisotopic (exact) mass is 485 g/mol. The number of fused-ring (bicyclic) bond motifs is 3. The first-order valence-corrected chi connectivity index (χ1v) is 12.2. The number of benzene rings is 2. The minimum atomic E-state index is -2.88. The van der Waals surface area contributed by atoms with E-state index in [0.29, 0.717) is 23.1 Å². The van der Waals surface area contributed by atoms with Crippen LogP contribution in [0.15, 0.2) is 64.4 Å². The van der Waals surface area contributed by atoms with Crippen molar-refractivity contribution in [1.82, 2.24) is 0 Å². The van der Waals surface area contributed by atoms with Crippen molar-refractivity contribution in [3.8, 4) is 0 Å². The Hall–Kier alpha value is -3.21. The number of carboxylic acid groups (broad SMARTS) is 1. The van der Waals surface area contributed by atoms with E-state index in [0.717, 1.165) is 14.7 Å². The van der Waals surface area contributed by atoms with Crippen LogP contribution in [0.1, 0.15) is 19.8 Å². The number of rotatable bonds is 9. The fourth-order valence-corrected chi connectivity index (χ4v) is 5.34. The number of anilines is 2. The van der Waals surface area contributed by atoms with Gasteiger partial charge in [0.2, 0.25) is 5.91 Å². The number of amides is 1. The normalized spacial score (nSPS) is 13.2. The molecule has 0 spiro atoms. The summed E-state index contributed by atoms with van der Waals surface area (Å²) in [6.45, 7) is 2.26. The van der Waals surface area contributed by atoms with Crippen LogP contribution in [0.2, 0.25) is 0 Å². The van der Waals surface area contributed by atoms with Crippen molar-refractivity contribution in [2.45, 2.75) is 25.8 Å². The molecule has 10 heteroatoms. The van der Waals surface area contributed by atoms with Gasteiger partial charge < -0.3 is 19.0 Å². The number of furan rings is 1. The number of carboxylic acids is 1. The predicted molar refractivity (Wildman–Crippen MR) is 128 cm³/mol. The topological polar surface area (TPSA) is 114 Å². The molecule has 2 unspecified atom stereocenters. The molecule has 172 valence electrons. The minimum Gasteiger partial charge on any atom is -0.755 e. The summed E-state index contributed by atoms with van der Waals surface area (Å²) >= 11 is -1.47. The quantitative estimate of drug-likeness (QED) is 0.348. The molecule has 2 aromatic heterocycles. The highest BCUT2D eigenvalue weighted by molar-refractivity contribution is 7.80. The molecular weight excluding hydrogens is 464 g/mol. The van der Waals surface area contributed by atoms with Crippen LogP contribution in [0.25, 0.3) is 21.9 Å². The number of para-hydroxylation sites is 1. The van der Waals surface area contributed by atoms with Gasteiger partial charge in [-0.05, 0) is 55.1 Å². The standard InChI is InChI=1S/C23H22N2O6S2/c1-2-24(22-8-5-13-32-22)21(26)12-10-18(23(27)28)25(33(29)30)15-9-11-20-17(14-15)16-6-3-4-7-19(16)31-20/h3-9,11,13-14,18H,2,10,12H2,1H3,(H,27,28)(H,29,30)/p-1. The van der Waals surface area contributed by atoms with E-state index in [9.17, 15) is 23.5 Å². The van der Waals surface area contributed by atoms with E-state index in [1.807, 2.05) is 42.6 Å². The van der Waals surface area contributed by atoms with Crippen molar-refractivity contribution < 1.29 is 27.9 Å². The van der Waals surface area contributed by atoms with Crippen molar-refractivity contribution in [1.29, 1.82) is 0 Å². The van der Waals surface area contributed by atoms with Crippen LogP contribution < -0.4 is 9.21 Å². The molecule has 1 amide bonds. The lowest BCUT2D eigenvalue weighted by Gasteiger charge is -2.32. The largest absolute Gasteiger partial charge is 0.755 e. The molecule has 0 radical (unpaired) electrons. The molecule has 0 aliphatic heterocycles. The summed E-state index contributed by atoms with van der Waals surface area (Å²) in [6, 6.07) is 14.2. The second kappa shape index (κ2) is 9.74. The fourth-order valence-electron chi connectivity index (χ4n) is 3.84. The van der Waals surface area contributed by atoms with Gasteiger partial charge in [0.25, 0.3) is 0 Å². The first kappa shape index (κ1) is 23.0. The number of hydrogen-bond donors (Lipinski definition) is 1. The lowest BCUT2D eigenvalue weighted by molar-refractivity contribution is -0.138. The summed E-state index contributed by atoms with van der Waals surface area (Å²) in [5.41, 5.74) is 1.40. The zero-order valence-corrected chi connectivity index (χ0v) is 19.3. The van der Waals surface area contributed by atoms with E-state index in [1.54, 1.807) is 23.1 Å². The van der Waals surface area contributed by atoms with E-state index < -0.39 is 23.3 Å². The van der Waals surface area contributed by atoms with Crippen molar-refractivity contribution in [2.75, 3.05) is 15.7 Å². The Labute approximate surface area is 196 Å². The molecule has 8 nitrogen and oxygen atoms in total. The zero-order chi connectivity index (χ0) is 23.5. The summed E-state index contributed by atoms with van der Waals surface area (Å²) in [7, 11) is 0. The molecular formula is C23H21N2O6S2-. The number of aliphatic carboxylic acids is 1. The Morgan fingerprint density at radius 2 is 1.88 bits per heavy atom. The highest BCUT2D eigenvalue weighted by Gasteiger charge is 2.29. The van der Waals surface area contributed by atoms with E-state index in [-0.39, 0.29) is 24.4 Å². The molecule has 0 fully saturated rings. The molecule has 0 bridgehead atoms. The molecule has 0 aliphatic carbocycles. The third-order valence-corrected chi connectivity index (χ3v) is 7.04. The van der Waals surface area contributed by atoms with Gasteiger partial charge in [-0.2, -0.15) is 0 Å². The van der Waals surface area contributed by atoms with Crippen LogP contribution >= 0.6 is 11.3 Å². The van der Waals surface area contributed by atoms with E-state index in [4.69, 9.17) is 4.42 Å². The SMILES string of the molecule is CCN(C(=O)CCC(C(=O)O)N(c1ccc2oc3ccccc3c2c1)S(=O)[O-])c1cccs1. The third kappa shape index (κ3) is 4.63. The summed E-state index contributed by atoms with van der Waals surface area (Å²) < 4.78 is 30.9. The van der Waals surface area contributed by atoms with Gasteiger partial charge in [0.05, 0.1) is 10.7 Å². The smallest absolute Gasteiger partial charge is 0.327 e. The van der Waals surface area contributed by atoms with Crippen LogP contribution in [0.4, 0.5) is 10.7 Å². The second-order valence-corrected chi connectivity index (χ2v) is 9.06. The molecule has 4 rings (SSSR count). The second-order valence-electron chi connectivity index (χ2n) is 7.30. The molecule has 2 aromatic carbocycles. The lowest BCUT2D eigenvalue weighted by Crippen LogP contribution is -2.43. The van der Waals surface area contributed by atoms with Crippen molar-refractivity contribution in [3.05, 3.63) is 60.0 Å². The third-order valence-electron chi connectivity index (χ3n) is 5.36. The first-order valence-electron chi connectivity index (χ1n) is 10.3.